The van der Waals surface area contributed by atoms with Gasteiger partial charge in [0.15, 0.2) is 5.78 Å². The van der Waals surface area contributed by atoms with E-state index >= 15 is 0 Å². The molecule has 0 N–H and O–H groups in total. The zero-order valence-electron chi connectivity index (χ0n) is 13.3. The summed E-state index contributed by atoms with van der Waals surface area (Å²) in [5, 5.41) is 11.8. The minimum Gasteiger partial charge on any atom is -0.478 e. The summed E-state index contributed by atoms with van der Waals surface area (Å²) < 4.78 is 3.62. The van der Waals surface area contributed by atoms with Gasteiger partial charge in [-0.15, -0.1) is 0 Å². The van der Waals surface area contributed by atoms with Gasteiger partial charge in [-0.05, 0) is 6.07 Å². The summed E-state index contributed by atoms with van der Waals surface area (Å²) in [6, 6.07) is 14.0. The Morgan fingerprint density at radius 1 is 1.08 bits per heavy atom. The molecule has 0 aromatic heterocycles. The van der Waals surface area contributed by atoms with Crippen LogP contribution in [0, 0.1) is 10.1 Å². The van der Waals surface area contributed by atoms with Crippen molar-refractivity contribution in [3.8, 4) is 5.75 Å². The van der Waals surface area contributed by atoms with Gasteiger partial charge in [0.05, 0.1) is 5.92 Å². The third kappa shape index (κ3) is 3.80. The van der Waals surface area contributed by atoms with E-state index in [-0.39, 0.29) is 12.2 Å². The summed E-state index contributed by atoms with van der Waals surface area (Å²) >= 11 is 17.9. The summed E-state index contributed by atoms with van der Waals surface area (Å²) in [5.41, 5.74) is 1.04. The van der Waals surface area contributed by atoms with Crippen LogP contribution in [0.15, 0.2) is 54.6 Å². The highest BCUT2D eigenvalue weighted by atomic mass is 35.6. The van der Waals surface area contributed by atoms with Crippen LogP contribution in [0.1, 0.15) is 28.3 Å². The van der Waals surface area contributed by atoms with Crippen molar-refractivity contribution in [2.24, 2.45) is 0 Å². The Labute approximate surface area is 165 Å². The molecule has 1 aliphatic heterocycles. The van der Waals surface area contributed by atoms with Gasteiger partial charge in [-0.25, -0.2) is 0 Å². The van der Waals surface area contributed by atoms with Gasteiger partial charge < -0.3 is 4.74 Å². The fraction of sp³-hybridized carbons (Fsp3) is 0.278. The molecule has 0 saturated heterocycles. The maximum atomic E-state index is 12.7. The van der Waals surface area contributed by atoms with Crippen molar-refractivity contribution in [3.63, 3.8) is 0 Å². The van der Waals surface area contributed by atoms with Crippen LogP contribution in [0.3, 0.4) is 0 Å². The highest BCUT2D eigenvalue weighted by Crippen LogP contribution is 2.46. The summed E-state index contributed by atoms with van der Waals surface area (Å²) in [7, 11) is 0. The molecular formula is C18H14Cl3NO4. The van der Waals surface area contributed by atoms with Crippen molar-refractivity contribution < 1.29 is 14.5 Å². The van der Waals surface area contributed by atoms with Gasteiger partial charge in [0.25, 0.3) is 6.04 Å². The lowest BCUT2D eigenvalue weighted by molar-refractivity contribution is -0.538. The summed E-state index contributed by atoms with van der Waals surface area (Å²) in [4.78, 5) is 23.9. The molecule has 5 nitrogen and oxygen atoms in total. The summed E-state index contributed by atoms with van der Waals surface area (Å²) in [5.74, 6) is -0.613. The number of carbonyl (C=O) groups excluding carboxylic acids is 1. The van der Waals surface area contributed by atoms with E-state index in [4.69, 9.17) is 39.5 Å². The Kier molecular flexibility index (Phi) is 5.42. The lowest BCUT2D eigenvalue weighted by Crippen LogP contribution is -2.52. The van der Waals surface area contributed by atoms with E-state index in [1.165, 1.54) is 0 Å². The van der Waals surface area contributed by atoms with Crippen molar-refractivity contribution in [2.45, 2.75) is 28.3 Å². The van der Waals surface area contributed by atoms with E-state index in [9.17, 15) is 14.9 Å². The number of para-hydroxylation sites is 1. The summed E-state index contributed by atoms with van der Waals surface area (Å²) in [6.07, 6.45) is -1.40. The van der Waals surface area contributed by atoms with Crippen LogP contribution in [0.25, 0.3) is 0 Å². The molecule has 3 rings (SSSR count). The third-order valence-electron chi connectivity index (χ3n) is 4.36. The smallest absolute Gasteiger partial charge is 0.260 e. The van der Waals surface area contributed by atoms with Crippen LogP contribution in [-0.2, 0) is 0 Å². The molecule has 0 saturated carbocycles. The lowest BCUT2D eigenvalue weighted by atomic mass is 9.81. The molecule has 1 heterocycles. The van der Waals surface area contributed by atoms with E-state index in [0.29, 0.717) is 16.9 Å². The highest BCUT2D eigenvalue weighted by molar-refractivity contribution is 6.68. The van der Waals surface area contributed by atoms with Crippen LogP contribution >= 0.6 is 34.8 Å². The van der Waals surface area contributed by atoms with Gasteiger partial charge in [0.2, 0.25) is 9.90 Å². The first-order chi connectivity index (χ1) is 12.3. The third-order valence-corrected chi connectivity index (χ3v) is 5.01. The number of nitro groups is 1. The largest absolute Gasteiger partial charge is 0.478 e. The maximum absolute atomic E-state index is 12.7. The van der Waals surface area contributed by atoms with Crippen molar-refractivity contribution in [1.82, 2.24) is 0 Å². The van der Waals surface area contributed by atoms with Crippen molar-refractivity contribution in [3.05, 3.63) is 75.8 Å². The maximum Gasteiger partial charge on any atom is 0.260 e. The molecule has 2 aromatic carbocycles. The van der Waals surface area contributed by atoms with Crippen LogP contribution < -0.4 is 4.74 Å². The van der Waals surface area contributed by atoms with E-state index in [0.717, 1.165) is 0 Å². The zero-order valence-corrected chi connectivity index (χ0v) is 15.6. The first-order valence-electron chi connectivity index (χ1n) is 7.83. The molecule has 0 spiro atoms. The van der Waals surface area contributed by atoms with E-state index in [2.05, 4.69) is 0 Å². The van der Waals surface area contributed by atoms with Crippen molar-refractivity contribution >= 4 is 40.6 Å². The van der Waals surface area contributed by atoms with E-state index < -0.39 is 26.8 Å². The standard InChI is InChI=1S/C18H14Cl3NO4/c19-18(20,21)17-16(22(24)25)13(12-8-4-5-9-15(12)26-17)10-14(23)11-6-2-1-3-7-11/h1-9,13,16-17H,10H2/t13-,16-,17-/m0/s1. The van der Waals surface area contributed by atoms with Crippen molar-refractivity contribution in [1.29, 1.82) is 0 Å². The number of ketones is 1. The second kappa shape index (κ2) is 7.43. The average Bonchev–Trinajstić information content (AvgIpc) is 2.61. The van der Waals surface area contributed by atoms with E-state index in [1.807, 2.05) is 0 Å². The molecule has 0 fully saturated rings. The Balaban J connectivity index is 2.03. The van der Waals surface area contributed by atoms with E-state index in [1.54, 1.807) is 54.6 Å². The minimum absolute atomic E-state index is 0.0900. The first kappa shape index (κ1) is 19.0. The van der Waals surface area contributed by atoms with Gasteiger partial charge in [-0.1, -0.05) is 83.3 Å². The topological polar surface area (TPSA) is 69.4 Å². The Hall–Kier alpha value is -1.82. The number of hydrogen-bond acceptors (Lipinski definition) is 4. The number of halogens is 3. The molecule has 0 amide bonds. The Morgan fingerprint density at radius 2 is 1.69 bits per heavy atom. The molecule has 0 aliphatic carbocycles. The number of carbonyl (C=O) groups is 1. The van der Waals surface area contributed by atoms with Crippen LogP contribution in [0.5, 0.6) is 5.75 Å². The van der Waals surface area contributed by atoms with Gasteiger partial charge in [0, 0.05) is 22.5 Å². The van der Waals surface area contributed by atoms with Gasteiger partial charge in [-0.2, -0.15) is 0 Å². The number of benzene rings is 2. The number of ether oxygens (including phenoxy) is 1. The molecule has 26 heavy (non-hydrogen) atoms. The minimum atomic E-state index is -2.01. The number of hydrogen-bond donors (Lipinski definition) is 0. The highest BCUT2D eigenvalue weighted by Gasteiger charge is 2.55. The number of Topliss-reactive ketones (excluding diaryl/α,β-unsaturated/α-hetero) is 1. The first-order valence-corrected chi connectivity index (χ1v) is 8.96. The SMILES string of the molecule is O=C(C[C@H]1c2ccccc2O[C@H](C(Cl)(Cl)Cl)[C@H]1[N+](=O)[O-])c1ccccc1. The van der Waals surface area contributed by atoms with Gasteiger partial charge in [0.1, 0.15) is 5.75 Å². The predicted molar refractivity (Wildman–Crippen MR) is 100 cm³/mol. The molecular weight excluding hydrogens is 401 g/mol. The summed E-state index contributed by atoms with van der Waals surface area (Å²) in [6.45, 7) is 0. The molecule has 3 atom stereocenters. The van der Waals surface area contributed by atoms with Gasteiger partial charge in [-0.3, -0.25) is 14.9 Å². The number of nitrogens with zero attached hydrogens (tertiary/aromatic N) is 1. The second-order valence-electron chi connectivity index (χ2n) is 5.99. The molecule has 0 radical (unpaired) electrons. The number of alkyl halides is 3. The van der Waals surface area contributed by atoms with Gasteiger partial charge >= 0.3 is 0 Å². The Bertz CT molecular complexity index is 823. The van der Waals surface area contributed by atoms with Crippen LogP contribution in [-0.4, -0.2) is 26.6 Å². The lowest BCUT2D eigenvalue weighted by Gasteiger charge is -2.37. The normalized spacial score (nSPS) is 22.2. The number of rotatable bonds is 4. The molecule has 136 valence electrons. The molecule has 2 aromatic rings. The molecule has 8 heteroatoms. The van der Waals surface area contributed by atoms with Crippen molar-refractivity contribution in [2.75, 3.05) is 0 Å². The zero-order chi connectivity index (χ0) is 18.9. The quantitative estimate of drug-likeness (QED) is 0.311. The Morgan fingerprint density at radius 3 is 2.31 bits per heavy atom. The fourth-order valence-corrected chi connectivity index (χ4v) is 3.71. The monoisotopic (exact) mass is 413 g/mol. The van der Waals surface area contributed by atoms with Crippen LogP contribution in [0.2, 0.25) is 0 Å². The fourth-order valence-electron chi connectivity index (χ4n) is 3.19. The van der Waals surface area contributed by atoms with Crippen LogP contribution in [0.4, 0.5) is 0 Å². The molecule has 0 unspecified atom stereocenters. The number of fused-ring (bicyclic) bond motifs is 1. The average molecular weight is 415 g/mol. The predicted octanol–water partition coefficient (Wildman–Crippen LogP) is 4.82. The molecule has 0 bridgehead atoms. The molecule has 1 aliphatic rings. The second-order valence-corrected chi connectivity index (χ2v) is 8.36.